The summed E-state index contributed by atoms with van der Waals surface area (Å²) in [6, 6.07) is 4.61. The van der Waals surface area contributed by atoms with Gasteiger partial charge in [-0.1, -0.05) is 0 Å². The van der Waals surface area contributed by atoms with Crippen LogP contribution >= 0.6 is 0 Å². The van der Waals surface area contributed by atoms with Crippen molar-refractivity contribution < 1.29 is 4.79 Å². The Labute approximate surface area is 108 Å². The maximum absolute atomic E-state index is 12.3. The van der Waals surface area contributed by atoms with Gasteiger partial charge in [0.2, 0.25) is 0 Å². The van der Waals surface area contributed by atoms with Gasteiger partial charge >= 0.3 is 0 Å². The second kappa shape index (κ2) is 5.96. The lowest BCUT2D eigenvalue weighted by Gasteiger charge is -2.34. The standard InChI is InChI=1S/C14H21N3O/c1-15-12-5-7-13(8-6-12)17(2)14(18)11-4-3-9-16-10-11/h3-4,9-10,12-13,15H,5-8H2,1-2H3. The van der Waals surface area contributed by atoms with Crippen molar-refractivity contribution >= 4 is 5.91 Å². The molecule has 1 amide bonds. The Bertz CT molecular complexity index is 385. The highest BCUT2D eigenvalue weighted by Crippen LogP contribution is 2.23. The zero-order chi connectivity index (χ0) is 13.0. The first kappa shape index (κ1) is 13.0. The number of hydrogen-bond donors (Lipinski definition) is 1. The van der Waals surface area contributed by atoms with E-state index in [0.29, 0.717) is 17.6 Å². The molecule has 0 aliphatic heterocycles. The Kier molecular flexibility index (Phi) is 4.31. The van der Waals surface area contributed by atoms with E-state index in [4.69, 9.17) is 0 Å². The van der Waals surface area contributed by atoms with E-state index in [9.17, 15) is 4.79 Å². The van der Waals surface area contributed by atoms with Crippen molar-refractivity contribution in [3.8, 4) is 0 Å². The Hall–Kier alpha value is -1.42. The van der Waals surface area contributed by atoms with E-state index < -0.39 is 0 Å². The van der Waals surface area contributed by atoms with E-state index in [1.165, 1.54) is 0 Å². The molecule has 1 aliphatic carbocycles. The molecule has 0 atom stereocenters. The summed E-state index contributed by atoms with van der Waals surface area (Å²) < 4.78 is 0. The van der Waals surface area contributed by atoms with Crippen LogP contribution in [0, 0.1) is 0 Å². The van der Waals surface area contributed by atoms with Gasteiger partial charge in [0.15, 0.2) is 0 Å². The molecule has 1 aliphatic rings. The quantitative estimate of drug-likeness (QED) is 0.884. The molecule has 0 saturated heterocycles. The van der Waals surface area contributed by atoms with Crippen LogP contribution in [-0.4, -0.2) is 42.0 Å². The molecule has 0 radical (unpaired) electrons. The summed E-state index contributed by atoms with van der Waals surface area (Å²) in [5.74, 6) is 0.0796. The highest BCUT2D eigenvalue weighted by Gasteiger charge is 2.26. The zero-order valence-corrected chi connectivity index (χ0v) is 11.1. The molecule has 98 valence electrons. The van der Waals surface area contributed by atoms with Crippen molar-refractivity contribution in [2.24, 2.45) is 0 Å². The average Bonchev–Trinajstić information content (AvgIpc) is 2.47. The van der Waals surface area contributed by atoms with E-state index >= 15 is 0 Å². The fourth-order valence-corrected chi connectivity index (χ4v) is 2.61. The van der Waals surface area contributed by atoms with Crippen LogP contribution in [-0.2, 0) is 0 Å². The molecule has 1 aromatic rings. The number of nitrogens with one attached hydrogen (secondary N) is 1. The fourth-order valence-electron chi connectivity index (χ4n) is 2.61. The Balaban J connectivity index is 1.96. The number of rotatable bonds is 3. The topological polar surface area (TPSA) is 45.2 Å². The number of amides is 1. The van der Waals surface area contributed by atoms with Gasteiger partial charge in [0.05, 0.1) is 5.56 Å². The molecule has 1 saturated carbocycles. The van der Waals surface area contributed by atoms with Crippen molar-refractivity contribution in [1.82, 2.24) is 15.2 Å². The van der Waals surface area contributed by atoms with E-state index in [0.717, 1.165) is 25.7 Å². The maximum Gasteiger partial charge on any atom is 0.255 e. The van der Waals surface area contributed by atoms with Gasteiger partial charge in [0.25, 0.3) is 5.91 Å². The summed E-state index contributed by atoms with van der Waals surface area (Å²) in [7, 11) is 3.91. The lowest BCUT2D eigenvalue weighted by atomic mass is 9.90. The van der Waals surface area contributed by atoms with Crippen LogP contribution in [0.5, 0.6) is 0 Å². The summed E-state index contributed by atoms with van der Waals surface area (Å²) in [5, 5.41) is 3.31. The van der Waals surface area contributed by atoms with Crippen LogP contribution in [0.3, 0.4) is 0 Å². The van der Waals surface area contributed by atoms with Gasteiger partial charge < -0.3 is 10.2 Å². The molecule has 4 heteroatoms. The van der Waals surface area contributed by atoms with E-state index in [1.54, 1.807) is 18.5 Å². The zero-order valence-electron chi connectivity index (χ0n) is 11.1. The lowest BCUT2D eigenvalue weighted by Crippen LogP contribution is -2.42. The molecule has 1 heterocycles. The van der Waals surface area contributed by atoms with Crippen LogP contribution in [0.2, 0.25) is 0 Å². The third-order valence-electron chi connectivity index (χ3n) is 3.88. The van der Waals surface area contributed by atoms with Gasteiger partial charge in [-0.25, -0.2) is 0 Å². The second-order valence-corrected chi connectivity index (χ2v) is 4.95. The van der Waals surface area contributed by atoms with Crippen molar-refractivity contribution in [3.63, 3.8) is 0 Å². The van der Waals surface area contributed by atoms with Gasteiger partial charge in [0.1, 0.15) is 0 Å². The number of aromatic nitrogens is 1. The SMILES string of the molecule is CNC1CCC(N(C)C(=O)c2cccnc2)CC1. The molecule has 0 spiro atoms. The molecule has 0 aromatic carbocycles. The lowest BCUT2D eigenvalue weighted by molar-refractivity contribution is 0.0685. The van der Waals surface area contributed by atoms with E-state index in [2.05, 4.69) is 10.3 Å². The number of carbonyl (C=O) groups excluding carboxylic acids is 1. The molecule has 1 fully saturated rings. The molecule has 1 aromatic heterocycles. The predicted molar refractivity (Wildman–Crippen MR) is 71.4 cm³/mol. The first-order valence-electron chi connectivity index (χ1n) is 6.57. The van der Waals surface area contributed by atoms with E-state index in [-0.39, 0.29) is 5.91 Å². The molecule has 0 unspecified atom stereocenters. The van der Waals surface area contributed by atoms with Gasteiger partial charge in [-0.15, -0.1) is 0 Å². The molecular weight excluding hydrogens is 226 g/mol. The maximum atomic E-state index is 12.3. The number of pyridine rings is 1. The number of carbonyl (C=O) groups is 1. The Morgan fingerprint density at radius 3 is 2.67 bits per heavy atom. The normalized spacial score (nSPS) is 23.7. The van der Waals surface area contributed by atoms with E-state index in [1.807, 2.05) is 25.1 Å². The fraction of sp³-hybridized carbons (Fsp3) is 0.571. The van der Waals surface area contributed by atoms with Gasteiger partial charge in [-0.05, 0) is 44.9 Å². The molecule has 18 heavy (non-hydrogen) atoms. The smallest absolute Gasteiger partial charge is 0.255 e. The Morgan fingerprint density at radius 1 is 1.39 bits per heavy atom. The minimum atomic E-state index is 0.0796. The van der Waals surface area contributed by atoms with Gasteiger partial charge in [-0.2, -0.15) is 0 Å². The van der Waals surface area contributed by atoms with Crippen LogP contribution in [0.25, 0.3) is 0 Å². The first-order valence-corrected chi connectivity index (χ1v) is 6.57. The minimum absolute atomic E-state index is 0.0796. The molecule has 0 bridgehead atoms. The van der Waals surface area contributed by atoms with Crippen molar-refractivity contribution in [2.75, 3.05) is 14.1 Å². The third kappa shape index (κ3) is 2.88. The second-order valence-electron chi connectivity index (χ2n) is 4.95. The molecule has 4 nitrogen and oxygen atoms in total. The minimum Gasteiger partial charge on any atom is -0.339 e. The summed E-state index contributed by atoms with van der Waals surface area (Å²) in [5.41, 5.74) is 0.677. The highest BCUT2D eigenvalue weighted by molar-refractivity contribution is 5.93. The average molecular weight is 247 g/mol. The largest absolute Gasteiger partial charge is 0.339 e. The van der Waals surface area contributed by atoms with Crippen molar-refractivity contribution in [2.45, 2.75) is 37.8 Å². The van der Waals surface area contributed by atoms with Gasteiger partial charge in [-0.3, -0.25) is 9.78 Å². The van der Waals surface area contributed by atoms with Crippen molar-refractivity contribution in [3.05, 3.63) is 30.1 Å². The summed E-state index contributed by atoms with van der Waals surface area (Å²) in [6.45, 7) is 0. The first-order chi connectivity index (χ1) is 8.72. The number of nitrogens with zero attached hydrogens (tertiary/aromatic N) is 2. The predicted octanol–water partition coefficient (Wildman–Crippen LogP) is 1.68. The van der Waals surface area contributed by atoms with Crippen LogP contribution in [0.15, 0.2) is 24.5 Å². The van der Waals surface area contributed by atoms with Crippen LogP contribution in [0.4, 0.5) is 0 Å². The van der Waals surface area contributed by atoms with Gasteiger partial charge in [0, 0.05) is 31.5 Å². The molecular formula is C14H21N3O. The third-order valence-corrected chi connectivity index (χ3v) is 3.88. The summed E-state index contributed by atoms with van der Waals surface area (Å²) in [6.07, 6.45) is 7.77. The summed E-state index contributed by atoms with van der Waals surface area (Å²) >= 11 is 0. The highest BCUT2D eigenvalue weighted by atomic mass is 16.2. The monoisotopic (exact) mass is 247 g/mol. The summed E-state index contributed by atoms with van der Waals surface area (Å²) in [4.78, 5) is 18.1. The van der Waals surface area contributed by atoms with Crippen LogP contribution in [0.1, 0.15) is 36.0 Å². The molecule has 1 N–H and O–H groups in total. The van der Waals surface area contributed by atoms with Crippen molar-refractivity contribution in [1.29, 1.82) is 0 Å². The number of hydrogen-bond acceptors (Lipinski definition) is 3. The van der Waals surface area contributed by atoms with Crippen LogP contribution < -0.4 is 5.32 Å². The Morgan fingerprint density at radius 2 is 2.11 bits per heavy atom. The molecule has 2 rings (SSSR count).